The van der Waals surface area contributed by atoms with E-state index in [1.807, 2.05) is 0 Å². The summed E-state index contributed by atoms with van der Waals surface area (Å²) in [5.74, 6) is -0.846. The van der Waals surface area contributed by atoms with E-state index >= 15 is 0 Å². The van der Waals surface area contributed by atoms with Crippen molar-refractivity contribution in [1.29, 1.82) is 0 Å². The minimum absolute atomic E-state index is 0.324. The number of carboxylic acid groups (broad SMARTS) is 1. The van der Waals surface area contributed by atoms with Crippen molar-refractivity contribution in [2.75, 3.05) is 40.6 Å². The van der Waals surface area contributed by atoms with Gasteiger partial charge in [-0.05, 0) is 30.5 Å². The van der Waals surface area contributed by atoms with E-state index < -0.39 is 11.9 Å². The van der Waals surface area contributed by atoms with Crippen LogP contribution in [-0.4, -0.2) is 46.6 Å². The predicted octanol–water partition coefficient (Wildman–Crippen LogP) is 1.76. The Hall–Kier alpha value is -1.79. The summed E-state index contributed by atoms with van der Waals surface area (Å²) >= 11 is 0. The summed E-state index contributed by atoms with van der Waals surface area (Å²) in [6, 6.07) is 5.05. The molecule has 0 fully saturated rings. The van der Waals surface area contributed by atoms with Gasteiger partial charge in [0.05, 0.1) is 27.4 Å². The van der Waals surface area contributed by atoms with Crippen LogP contribution in [0.4, 0.5) is 0 Å². The van der Waals surface area contributed by atoms with Gasteiger partial charge in [0, 0.05) is 25.1 Å². The standard InChI is InChI=1S/C18H28O6/c1-4-5-9-23-11-12-24-10-8-15(18(19)20)14-6-7-16(21-2)17(13-14)22-3/h6-7,13,15H,4-5,8-12H2,1-3H3,(H,19,20)/p-1. The summed E-state index contributed by atoms with van der Waals surface area (Å²) in [6.07, 6.45) is 2.46. The molecule has 1 aromatic rings. The van der Waals surface area contributed by atoms with Gasteiger partial charge in [0.1, 0.15) is 0 Å². The average Bonchev–Trinajstić information content (AvgIpc) is 2.59. The molecule has 0 saturated heterocycles. The maximum Gasteiger partial charge on any atom is 0.161 e. The molecule has 0 radical (unpaired) electrons. The van der Waals surface area contributed by atoms with Crippen molar-refractivity contribution in [2.45, 2.75) is 32.1 Å². The Morgan fingerprint density at radius 3 is 2.29 bits per heavy atom. The van der Waals surface area contributed by atoms with Crippen LogP contribution in [0.1, 0.15) is 37.7 Å². The third-order valence-corrected chi connectivity index (χ3v) is 3.66. The lowest BCUT2D eigenvalue weighted by Crippen LogP contribution is -2.30. The number of benzene rings is 1. The lowest BCUT2D eigenvalue weighted by molar-refractivity contribution is -0.308. The highest BCUT2D eigenvalue weighted by Crippen LogP contribution is 2.31. The zero-order valence-electron chi connectivity index (χ0n) is 14.7. The van der Waals surface area contributed by atoms with E-state index in [9.17, 15) is 9.90 Å². The predicted molar refractivity (Wildman–Crippen MR) is 88.5 cm³/mol. The van der Waals surface area contributed by atoms with Gasteiger partial charge in [-0.25, -0.2) is 0 Å². The molecule has 0 bridgehead atoms. The van der Waals surface area contributed by atoms with E-state index in [2.05, 4.69) is 6.92 Å². The molecule has 0 aliphatic carbocycles. The van der Waals surface area contributed by atoms with Gasteiger partial charge >= 0.3 is 0 Å². The van der Waals surface area contributed by atoms with E-state index in [-0.39, 0.29) is 0 Å². The van der Waals surface area contributed by atoms with E-state index in [4.69, 9.17) is 18.9 Å². The third-order valence-electron chi connectivity index (χ3n) is 3.66. The van der Waals surface area contributed by atoms with Crippen LogP contribution in [0, 0.1) is 0 Å². The quantitative estimate of drug-likeness (QED) is 0.510. The number of hydrogen-bond donors (Lipinski definition) is 0. The molecule has 24 heavy (non-hydrogen) atoms. The second-order valence-electron chi connectivity index (χ2n) is 5.35. The fourth-order valence-electron chi connectivity index (χ4n) is 2.26. The van der Waals surface area contributed by atoms with Crippen LogP contribution in [0.15, 0.2) is 18.2 Å². The fourth-order valence-corrected chi connectivity index (χ4v) is 2.26. The molecule has 1 aromatic carbocycles. The minimum Gasteiger partial charge on any atom is -0.549 e. The molecular formula is C18H27O6-. The zero-order valence-corrected chi connectivity index (χ0v) is 14.7. The maximum atomic E-state index is 11.4. The Kier molecular flexibility index (Phi) is 9.88. The number of unbranched alkanes of at least 4 members (excludes halogenated alkanes) is 1. The Morgan fingerprint density at radius 2 is 1.71 bits per heavy atom. The normalized spacial score (nSPS) is 12.0. The monoisotopic (exact) mass is 339 g/mol. The van der Waals surface area contributed by atoms with E-state index in [0.29, 0.717) is 43.3 Å². The highest BCUT2D eigenvalue weighted by molar-refractivity contribution is 5.74. The average molecular weight is 339 g/mol. The van der Waals surface area contributed by atoms with Crippen LogP contribution in [0.3, 0.4) is 0 Å². The SMILES string of the molecule is CCCCOCCOCCC(C(=O)[O-])c1ccc(OC)c(OC)c1. The number of rotatable bonds is 13. The Bertz CT molecular complexity index is 488. The Labute approximate surface area is 143 Å². The van der Waals surface area contributed by atoms with Gasteiger partial charge < -0.3 is 28.8 Å². The summed E-state index contributed by atoms with van der Waals surface area (Å²) in [4.78, 5) is 11.4. The first kappa shape index (κ1) is 20.3. The first-order chi connectivity index (χ1) is 11.6. The molecule has 0 aliphatic heterocycles. The topological polar surface area (TPSA) is 77.1 Å². The minimum atomic E-state index is -1.13. The number of methoxy groups -OCH3 is 2. The van der Waals surface area contributed by atoms with E-state index in [1.165, 1.54) is 14.2 Å². The van der Waals surface area contributed by atoms with Crippen LogP contribution in [-0.2, 0) is 14.3 Å². The molecule has 0 saturated carbocycles. The summed E-state index contributed by atoms with van der Waals surface area (Å²) < 4.78 is 21.2. The molecule has 0 aromatic heterocycles. The largest absolute Gasteiger partial charge is 0.549 e. The molecule has 1 rings (SSSR count). The van der Waals surface area contributed by atoms with Crippen molar-refractivity contribution in [1.82, 2.24) is 0 Å². The van der Waals surface area contributed by atoms with Crippen LogP contribution in [0.2, 0.25) is 0 Å². The molecule has 6 nitrogen and oxygen atoms in total. The number of hydrogen-bond acceptors (Lipinski definition) is 6. The van der Waals surface area contributed by atoms with Gasteiger partial charge in [-0.15, -0.1) is 0 Å². The molecule has 1 atom stereocenters. The van der Waals surface area contributed by atoms with E-state index in [1.54, 1.807) is 18.2 Å². The van der Waals surface area contributed by atoms with Crippen LogP contribution in [0.5, 0.6) is 11.5 Å². The number of aliphatic carboxylic acids is 1. The fraction of sp³-hybridized carbons (Fsp3) is 0.611. The molecule has 0 spiro atoms. The summed E-state index contributed by atoms with van der Waals surface area (Å²) in [7, 11) is 3.04. The van der Waals surface area contributed by atoms with Crippen LogP contribution in [0.25, 0.3) is 0 Å². The first-order valence-corrected chi connectivity index (χ1v) is 8.22. The molecule has 136 valence electrons. The zero-order chi connectivity index (χ0) is 17.8. The van der Waals surface area contributed by atoms with Crippen molar-refractivity contribution < 1.29 is 28.8 Å². The van der Waals surface area contributed by atoms with Gasteiger partial charge in [0.25, 0.3) is 0 Å². The molecule has 1 unspecified atom stereocenters. The summed E-state index contributed by atoms with van der Waals surface area (Å²) in [6.45, 7) is 4.13. The van der Waals surface area contributed by atoms with Crippen molar-refractivity contribution in [3.63, 3.8) is 0 Å². The summed E-state index contributed by atoms with van der Waals surface area (Å²) in [5, 5.41) is 11.4. The lowest BCUT2D eigenvalue weighted by atomic mass is 9.96. The maximum absolute atomic E-state index is 11.4. The molecule has 0 heterocycles. The van der Waals surface area contributed by atoms with Gasteiger partial charge in [0.15, 0.2) is 11.5 Å². The van der Waals surface area contributed by atoms with Crippen molar-refractivity contribution in [3.05, 3.63) is 23.8 Å². The van der Waals surface area contributed by atoms with Gasteiger partial charge in [0.2, 0.25) is 0 Å². The van der Waals surface area contributed by atoms with E-state index in [0.717, 1.165) is 19.4 Å². The van der Waals surface area contributed by atoms with Gasteiger partial charge in [-0.1, -0.05) is 19.4 Å². The number of ether oxygens (including phenoxy) is 4. The van der Waals surface area contributed by atoms with Crippen molar-refractivity contribution >= 4 is 5.97 Å². The Morgan fingerprint density at radius 1 is 1.04 bits per heavy atom. The second-order valence-corrected chi connectivity index (χ2v) is 5.35. The first-order valence-electron chi connectivity index (χ1n) is 8.22. The Balaban J connectivity index is 2.48. The molecular weight excluding hydrogens is 312 g/mol. The highest BCUT2D eigenvalue weighted by Gasteiger charge is 2.15. The molecule has 0 aliphatic rings. The second kappa shape index (κ2) is 11.7. The van der Waals surface area contributed by atoms with Crippen molar-refractivity contribution in [3.8, 4) is 11.5 Å². The number of carboxylic acids is 1. The van der Waals surface area contributed by atoms with Crippen molar-refractivity contribution in [2.24, 2.45) is 0 Å². The molecule has 0 amide bonds. The van der Waals surface area contributed by atoms with Crippen LogP contribution < -0.4 is 14.6 Å². The number of carbonyl (C=O) groups excluding carboxylic acids is 1. The van der Waals surface area contributed by atoms with Gasteiger partial charge in [-0.3, -0.25) is 0 Å². The van der Waals surface area contributed by atoms with Crippen LogP contribution >= 0.6 is 0 Å². The number of carbonyl (C=O) groups is 1. The smallest absolute Gasteiger partial charge is 0.161 e. The summed E-state index contributed by atoms with van der Waals surface area (Å²) in [5.41, 5.74) is 0.607. The highest BCUT2D eigenvalue weighted by atomic mass is 16.5. The van der Waals surface area contributed by atoms with Gasteiger partial charge in [-0.2, -0.15) is 0 Å². The lowest BCUT2D eigenvalue weighted by Gasteiger charge is -2.20. The third kappa shape index (κ3) is 6.76. The molecule has 0 N–H and O–H groups in total. The molecule has 6 heteroatoms.